The zero-order valence-corrected chi connectivity index (χ0v) is 53.7. The average molecular weight is 1130 g/mol. The van der Waals surface area contributed by atoms with Crippen molar-refractivity contribution in [1.29, 1.82) is 0 Å². The summed E-state index contributed by atoms with van der Waals surface area (Å²) in [6, 6.07) is 0. The first-order chi connectivity index (χ1) is 38.5. The molecule has 0 N–H and O–H groups in total. The summed E-state index contributed by atoms with van der Waals surface area (Å²) in [5, 5.41) is 0. The Morgan fingerprint density at radius 1 is 0.405 bits per heavy atom. The lowest BCUT2D eigenvalue weighted by atomic mass is 10.0. The molecule has 0 saturated heterocycles. The smallest absolute Gasteiger partial charge is 0.306 e. The number of quaternary nitrogens is 1. The van der Waals surface area contributed by atoms with Gasteiger partial charge < -0.3 is 27.9 Å². The van der Waals surface area contributed by atoms with Gasteiger partial charge in [-0.05, 0) is 51.4 Å². The summed E-state index contributed by atoms with van der Waals surface area (Å²) < 4.78 is 34.3. The van der Waals surface area contributed by atoms with Crippen LogP contribution in [-0.4, -0.2) is 70.0 Å². The lowest BCUT2D eigenvalue weighted by Gasteiger charge is -2.28. The Morgan fingerprint density at radius 3 is 1.08 bits per heavy atom. The van der Waals surface area contributed by atoms with Gasteiger partial charge >= 0.3 is 11.9 Å². The van der Waals surface area contributed by atoms with Crippen molar-refractivity contribution in [2.75, 3.05) is 47.5 Å². The molecule has 0 aromatic rings. The van der Waals surface area contributed by atoms with Gasteiger partial charge in [-0.3, -0.25) is 14.2 Å². The van der Waals surface area contributed by atoms with Crippen LogP contribution in [0.3, 0.4) is 0 Å². The van der Waals surface area contributed by atoms with Crippen molar-refractivity contribution < 1.29 is 42.1 Å². The number of ether oxygens (including phenoxy) is 2. The van der Waals surface area contributed by atoms with Crippen molar-refractivity contribution in [3.05, 3.63) is 48.6 Å². The molecule has 2 unspecified atom stereocenters. The highest BCUT2D eigenvalue weighted by molar-refractivity contribution is 7.45. The quantitative estimate of drug-likeness (QED) is 0.0195. The zero-order chi connectivity index (χ0) is 57.7. The van der Waals surface area contributed by atoms with E-state index >= 15 is 0 Å². The summed E-state index contributed by atoms with van der Waals surface area (Å²) in [7, 11) is 1.18. The lowest BCUT2D eigenvalue weighted by molar-refractivity contribution is -0.870. The fourth-order valence-corrected chi connectivity index (χ4v) is 10.7. The normalized spacial score (nSPS) is 13.4. The van der Waals surface area contributed by atoms with Gasteiger partial charge in [0, 0.05) is 12.8 Å². The highest BCUT2D eigenvalue weighted by Gasteiger charge is 2.22. The maximum atomic E-state index is 12.9. The van der Waals surface area contributed by atoms with Crippen LogP contribution in [0.5, 0.6) is 0 Å². The number of hydrogen-bond acceptors (Lipinski definition) is 8. The van der Waals surface area contributed by atoms with Crippen molar-refractivity contribution in [3.8, 4) is 0 Å². The number of unbranched alkanes of at least 4 members (excludes halogenated alkanes) is 41. The number of phosphoric ester groups is 1. The molecule has 9 nitrogen and oxygen atoms in total. The number of carbonyl (C=O) groups is 2. The molecule has 0 saturated carbocycles. The van der Waals surface area contributed by atoms with Crippen molar-refractivity contribution in [2.45, 2.75) is 335 Å². The molecule has 0 heterocycles. The van der Waals surface area contributed by atoms with Crippen molar-refractivity contribution >= 4 is 19.8 Å². The standard InChI is InChI=1S/C69H130NO8P/c1-6-8-10-12-14-16-18-20-22-24-26-28-30-32-33-34-35-36-37-38-40-42-44-46-48-50-52-54-56-58-60-62-69(72)78-67(66-77-79(73,74)76-64-63-70(3,4)5)65-75-68(71)61-59-57-55-53-51-49-47-45-43-41-39-31-29-27-25-23-21-19-17-15-13-11-9-7-2/h8,10,14,16,20,22,26,28,67H,6-7,9,11-13,15,17-19,21,23-25,27,29-66H2,1-5H3/b10-8-,16-14-,22-20-,28-26-. The van der Waals surface area contributed by atoms with E-state index in [1.54, 1.807) is 0 Å². The van der Waals surface area contributed by atoms with Gasteiger partial charge in [0.25, 0.3) is 7.82 Å². The van der Waals surface area contributed by atoms with Crippen LogP contribution >= 0.6 is 7.82 Å². The molecule has 0 aromatic carbocycles. The highest BCUT2D eigenvalue weighted by atomic mass is 31.2. The third kappa shape index (κ3) is 65.0. The first-order valence-electron chi connectivity index (χ1n) is 33.8. The summed E-state index contributed by atoms with van der Waals surface area (Å²) in [4.78, 5) is 38.0. The minimum atomic E-state index is -4.64. The summed E-state index contributed by atoms with van der Waals surface area (Å²) in [5.41, 5.74) is 0. The molecule has 10 heteroatoms. The minimum absolute atomic E-state index is 0.0284. The average Bonchev–Trinajstić information content (AvgIpc) is 3.41. The second kappa shape index (κ2) is 60.6. The van der Waals surface area contributed by atoms with Gasteiger partial charge in [0.05, 0.1) is 27.7 Å². The van der Waals surface area contributed by atoms with Gasteiger partial charge in [0.2, 0.25) is 0 Å². The summed E-state index contributed by atoms with van der Waals surface area (Å²) >= 11 is 0. The van der Waals surface area contributed by atoms with Crippen LogP contribution < -0.4 is 4.89 Å². The molecule has 0 radical (unpaired) electrons. The fraction of sp³-hybridized carbons (Fsp3) is 0.855. The monoisotopic (exact) mass is 1130 g/mol. The van der Waals surface area contributed by atoms with E-state index in [9.17, 15) is 19.0 Å². The molecule has 0 aliphatic carbocycles. The Hall–Kier alpha value is -2.03. The molecule has 0 aromatic heterocycles. The molecule has 79 heavy (non-hydrogen) atoms. The zero-order valence-electron chi connectivity index (χ0n) is 52.8. The van der Waals surface area contributed by atoms with E-state index in [0.717, 1.165) is 57.8 Å². The molecule has 0 amide bonds. The number of rotatable bonds is 63. The molecule has 0 aliphatic heterocycles. The third-order valence-corrected chi connectivity index (χ3v) is 16.1. The third-order valence-electron chi connectivity index (χ3n) is 15.1. The predicted octanol–water partition coefficient (Wildman–Crippen LogP) is 21.0. The number of nitrogens with zero attached hydrogens (tertiary/aromatic N) is 1. The molecule has 0 spiro atoms. The molecule has 0 aliphatic rings. The van der Waals surface area contributed by atoms with E-state index in [-0.39, 0.29) is 32.0 Å². The summed E-state index contributed by atoms with van der Waals surface area (Å²) in [5.74, 6) is -0.813. The van der Waals surface area contributed by atoms with Crippen molar-refractivity contribution in [3.63, 3.8) is 0 Å². The molecule has 0 bridgehead atoms. The van der Waals surface area contributed by atoms with Crippen LogP contribution in [0, 0.1) is 0 Å². The van der Waals surface area contributed by atoms with Gasteiger partial charge in [-0.1, -0.05) is 313 Å². The van der Waals surface area contributed by atoms with E-state index in [0.29, 0.717) is 17.4 Å². The van der Waals surface area contributed by atoms with Crippen LogP contribution in [0.2, 0.25) is 0 Å². The number of hydrogen-bond donors (Lipinski definition) is 0. The van der Waals surface area contributed by atoms with Crippen LogP contribution in [-0.2, 0) is 32.7 Å². The van der Waals surface area contributed by atoms with Crippen LogP contribution in [0.1, 0.15) is 328 Å². The first-order valence-corrected chi connectivity index (χ1v) is 35.3. The van der Waals surface area contributed by atoms with E-state index in [1.807, 2.05) is 21.1 Å². The van der Waals surface area contributed by atoms with Gasteiger partial charge in [0.1, 0.15) is 19.8 Å². The second-order valence-corrected chi connectivity index (χ2v) is 25.6. The van der Waals surface area contributed by atoms with E-state index in [2.05, 4.69) is 62.5 Å². The Labute approximate surface area is 490 Å². The Bertz CT molecular complexity index is 1470. The van der Waals surface area contributed by atoms with Crippen molar-refractivity contribution in [2.24, 2.45) is 0 Å². The van der Waals surface area contributed by atoms with Crippen LogP contribution in [0.4, 0.5) is 0 Å². The number of esters is 2. The Morgan fingerprint density at radius 2 is 0.722 bits per heavy atom. The predicted molar refractivity (Wildman–Crippen MR) is 337 cm³/mol. The largest absolute Gasteiger partial charge is 0.756 e. The fourth-order valence-electron chi connectivity index (χ4n) is 9.95. The Kier molecular flexibility index (Phi) is 59.0. The molecule has 0 rings (SSSR count). The summed E-state index contributed by atoms with van der Waals surface area (Å²) in [6.07, 6.45) is 77.6. The molecular weight excluding hydrogens is 1000 g/mol. The van der Waals surface area contributed by atoms with Gasteiger partial charge in [-0.15, -0.1) is 0 Å². The van der Waals surface area contributed by atoms with E-state index < -0.39 is 26.5 Å². The molecule has 0 fully saturated rings. The summed E-state index contributed by atoms with van der Waals surface area (Å²) in [6.45, 7) is 4.19. The lowest BCUT2D eigenvalue weighted by Crippen LogP contribution is -2.37. The van der Waals surface area contributed by atoms with E-state index in [4.69, 9.17) is 18.5 Å². The maximum Gasteiger partial charge on any atom is 0.306 e. The first kappa shape index (κ1) is 77.0. The van der Waals surface area contributed by atoms with Gasteiger partial charge in [0.15, 0.2) is 6.10 Å². The number of carbonyl (C=O) groups excluding carboxylic acids is 2. The number of phosphoric acid groups is 1. The van der Waals surface area contributed by atoms with Crippen LogP contribution in [0.25, 0.3) is 0 Å². The van der Waals surface area contributed by atoms with Crippen molar-refractivity contribution in [1.82, 2.24) is 0 Å². The van der Waals surface area contributed by atoms with Gasteiger partial charge in [-0.2, -0.15) is 0 Å². The van der Waals surface area contributed by atoms with Gasteiger partial charge in [-0.25, -0.2) is 0 Å². The minimum Gasteiger partial charge on any atom is -0.756 e. The molecule has 464 valence electrons. The topological polar surface area (TPSA) is 111 Å². The highest BCUT2D eigenvalue weighted by Crippen LogP contribution is 2.38. The number of likely N-dealkylation sites (N-methyl/N-ethyl adjacent to an activating group) is 1. The Balaban J connectivity index is 4.02. The molecule has 2 atom stereocenters. The molecular formula is C69H130NO8P. The SMILES string of the molecule is CC/C=C\C/C=C\C/C=C\C/C=C\CCCCCCCCCCCCCCCCCCCCC(=O)OC(COC(=O)CCCCCCCCCCCCCCCCCCCCCCCCCC)COP(=O)([O-])OCC[N+](C)(C)C. The van der Waals surface area contributed by atoms with Crippen LogP contribution in [0.15, 0.2) is 48.6 Å². The maximum absolute atomic E-state index is 12.9. The van der Waals surface area contributed by atoms with E-state index in [1.165, 1.54) is 238 Å². The number of allylic oxidation sites excluding steroid dienone is 8. The second-order valence-electron chi connectivity index (χ2n) is 24.2.